The Morgan fingerprint density at radius 1 is 1.33 bits per heavy atom. The van der Waals surface area contributed by atoms with Crippen molar-refractivity contribution in [1.29, 1.82) is 0 Å². The van der Waals surface area contributed by atoms with Gasteiger partial charge in [-0.15, -0.1) is 23.5 Å². The molecule has 0 N–H and O–H groups in total. The minimum Gasteiger partial charge on any atom is -0.144 e. The first kappa shape index (κ1) is 9.71. The summed E-state index contributed by atoms with van der Waals surface area (Å²) in [7, 11) is 0. The third kappa shape index (κ3) is 2.15. The van der Waals surface area contributed by atoms with Crippen molar-refractivity contribution in [2.45, 2.75) is 29.8 Å². The van der Waals surface area contributed by atoms with Crippen LogP contribution in [0.1, 0.15) is 25.7 Å². The lowest BCUT2D eigenvalue weighted by molar-refractivity contribution is 0.693. The molecule has 1 aliphatic carbocycles. The molecule has 1 heterocycles. The van der Waals surface area contributed by atoms with Gasteiger partial charge in [0.2, 0.25) is 0 Å². The Morgan fingerprint density at radius 2 is 2.08 bits per heavy atom. The second-order valence-electron chi connectivity index (χ2n) is 3.32. The first-order chi connectivity index (χ1) is 5.81. The van der Waals surface area contributed by atoms with Crippen LogP contribution in [0.15, 0.2) is 9.66 Å². The van der Waals surface area contributed by atoms with Crippen molar-refractivity contribution in [3.8, 4) is 0 Å². The van der Waals surface area contributed by atoms with E-state index in [9.17, 15) is 0 Å². The van der Waals surface area contributed by atoms with Crippen molar-refractivity contribution in [3.63, 3.8) is 0 Å². The molecule has 0 amide bonds. The molecule has 2 rings (SSSR count). The summed E-state index contributed by atoms with van der Waals surface area (Å²) in [5.41, 5.74) is 0. The van der Waals surface area contributed by atoms with E-state index < -0.39 is 0 Å². The molecular formula is C9H13IS2. The van der Waals surface area contributed by atoms with E-state index in [2.05, 4.69) is 52.2 Å². The van der Waals surface area contributed by atoms with Crippen molar-refractivity contribution >= 4 is 46.1 Å². The Kier molecular flexibility index (Phi) is 3.35. The lowest BCUT2D eigenvalue weighted by Crippen LogP contribution is -2.26. The van der Waals surface area contributed by atoms with E-state index in [0.717, 1.165) is 0 Å². The highest BCUT2D eigenvalue weighted by Gasteiger charge is 2.34. The van der Waals surface area contributed by atoms with Gasteiger partial charge in [0.25, 0.3) is 0 Å². The third-order valence-corrected chi connectivity index (χ3v) is 6.86. The van der Waals surface area contributed by atoms with Crippen LogP contribution < -0.4 is 0 Å². The molecule has 0 unspecified atom stereocenters. The summed E-state index contributed by atoms with van der Waals surface area (Å²) in [4.78, 5) is 0. The van der Waals surface area contributed by atoms with E-state index in [1.54, 1.807) is 3.58 Å². The summed E-state index contributed by atoms with van der Waals surface area (Å²) in [6.07, 6.45) is 7.88. The topological polar surface area (TPSA) is 0 Å². The van der Waals surface area contributed by atoms with Crippen LogP contribution in [0.3, 0.4) is 0 Å². The Hall–Kier alpha value is 1.17. The molecule has 0 bridgehead atoms. The molecule has 68 valence electrons. The lowest BCUT2D eigenvalue weighted by atomic mass is 10.1. The van der Waals surface area contributed by atoms with Crippen LogP contribution >= 0.6 is 46.1 Å². The van der Waals surface area contributed by atoms with E-state index in [1.807, 2.05) is 0 Å². The SMILES string of the molecule is IC1=CCC2(CC1)SCCCS2. The number of halogens is 1. The van der Waals surface area contributed by atoms with Crippen molar-refractivity contribution in [3.05, 3.63) is 9.66 Å². The highest BCUT2D eigenvalue weighted by atomic mass is 127. The van der Waals surface area contributed by atoms with Crippen LogP contribution in [0.25, 0.3) is 0 Å². The summed E-state index contributed by atoms with van der Waals surface area (Å²) >= 11 is 6.89. The maximum atomic E-state index is 2.48. The van der Waals surface area contributed by atoms with Gasteiger partial charge < -0.3 is 0 Å². The number of hydrogen-bond donors (Lipinski definition) is 0. The average Bonchev–Trinajstić information content (AvgIpc) is 2.13. The highest BCUT2D eigenvalue weighted by Crippen LogP contribution is 2.51. The molecule has 2 aliphatic rings. The fourth-order valence-corrected chi connectivity index (χ4v) is 5.38. The van der Waals surface area contributed by atoms with Crippen LogP contribution in [0.5, 0.6) is 0 Å². The summed E-state index contributed by atoms with van der Waals surface area (Å²) in [6.45, 7) is 0. The summed E-state index contributed by atoms with van der Waals surface area (Å²) in [5.74, 6) is 2.77. The maximum absolute atomic E-state index is 2.48. The van der Waals surface area contributed by atoms with Crippen LogP contribution in [-0.2, 0) is 0 Å². The van der Waals surface area contributed by atoms with Gasteiger partial charge in [-0.1, -0.05) is 6.08 Å². The standard InChI is InChI=1S/C9H13IS2/c10-8-2-4-9(5-3-8)11-6-1-7-12-9/h2H,1,3-7H2. The molecule has 0 aromatic rings. The van der Waals surface area contributed by atoms with Gasteiger partial charge in [0.1, 0.15) is 0 Å². The van der Waals surface area contributed by atoms with E-state index in [0.29, 0.717) is 4.08 Å². The second-order valence-corrected chi connectivity index (χ2v) is 7.92. The molecule has 1 saturated heterocycles. The Morgan fingerprint density at radius 3 is 2.67 bits per heavy atom. The number of hydrogen-bond acceptors (Lipinski definition) is 2. The average molecular weight is 312 g/mol. The van der Waals surface area contributed by atoms with Gasteiger partial charge in [-0.3, -0.25) is 0 Å². The van der Waals surface area contributed by atoms with Gasteiger partial charge in [0, 0.05) is 0 Å². The van der Waals surface area contributed by atoms with Crippen LogP contribution in [0.4, 0.5) is 0 Å². The predicted octanol–water partition coefficient (Wildman–Crippen LogP) is 4.06. The van der Waals surface area contributed by atoms with Crippen LogP contribution in [-0.4, -0.2) is 15.6 Å². The van der Waals surface area contributed by atoms with E-state index >= 15 is 0 Å². The van der Waals surface area contributed by atoms with Gasteiger partial charge in [0.05, 0.1) is 4.08 Å². The minimum atomic E-state index is 0.590. The highest BCUT2D eigenvalue weighted by molar-refractivity contribution is 14.1. The zero-order valence-electron chi connectivity index (χ0n) is 7.01. The van der Waals surface area contributed by atoms with Gasteiger partial charge in [-0.2, -0.15) is 0 Å². The van der Waals surface area contributed by atoms with Crippen LogP contribution in [0, 0.1) is 0 Å². The number of rotatable bonds is 0. The largest absolute Gasteiger partial charge is 0.144 e. The molecule has 0 aromatic carbocycles. The molecule has 0 aromatic heterocycles. The molecule has 1 fully saturated rings. The molecule has 3 heteroatoms. The predicted molar refractivity (Wildman–Crippen MR) is 68.2 cm³/mol. The zero-order valence-corrected chi connectivity index (χ0v) is 10.8. The molecule has 0 radical (unpaired) electrons. The smallest absolute Gasteiger partial charge is 0.0649 e. The minimum absolute atomic E-state index is 0.590. The molecular weight excluding hydrogens is 299 g/mol. The zero-order chi connectivity index (χ0) is 8.44. The molecule has 1 aliphatic heterocycles. The third-order valence-electron chi connectivity index (χ3n) is 2.40. The quantitative estimate of drug-likeness (QED) is 0.619. The van der Waals surface area contributed by atoms with Gasteiger partial charge in [-0.25, -0.2) is 0 Å². The normalized spacial score (nSPS) is 28.6. The summed E-state index contributed by atoms with van der Waals surface area (Å²) < 4.78 is 2.16. The van der Waals surface area contributed by atoms with Gasteiger partial charge in [0.15, 0.2) is 0 Å². The van der Waals surface area contributed by atoms with E-state index in [1.165, 1.54) is 37.2 Å². The molecule has 0 atom stereocenters. The Bertz CT molecular complexity index is 195. The van der Waals surface area contributed by atoms with Crippen molar-refractivity contribution in [1.82, 2.24) is 0 Å². The fourth-order valence-electron chi connectivity index (χ4n) is 1.66. The van der Waals surface area contributed by atoms with Gasteiger partial charge >= 0.3 is 0 Å². The van der Waals surface area contributed by atoms with E-state index in [-0.39, 0.29) is 0 Å². The summed E-state index contributed by atoms with van der Waals surface area (Å²) in [6, 6.07) is 0. The van der Waals surface area contributed by atoms with E-state index in [4.69, 9.17) is 0 Å². The lowest BCUT2D eigenvalue weighted by Gasteiger charge is -2.37. The fraction of sp³-hybridized carbons (Fsp3) is 0.778. The summed E-state index contributed by atoms with van der Waals surface area (Å²) in [5, 5.41) is 0. The number of allylic oxidation sites excluding steroid dienone is 2. The van der Waals surface area contributed by atoms with Gasteiger partial charge in [-0.05, 0) is 63.4 Å². The molecule has 0 saturated carbocycles. The van der Waals surface area contributed by atoms with Crippen molar-refractivity contribution in [2.75, 3.05) is 11.5 Å². The second kappa shape index (κ2) is 4.13. The monoisotopic (exact) mass is 312 g/mol. The Labute approximate surface area is 96.5 Å². The van der Waals surface area contributed by atoms with Crippen molar-refractivity contribution < 1.29 is 0 Å². The van der Waals surface area contributed by atoms with Crippen molar-refractivity contribution in [2.24, 2.45) is 0 Å². The van der Waals surface area contributed by atoms with Crippen LogP contribution in [0.2, 0.25) is 0 Å². The first-order valence-electron chi connectivity index (χ1n) is 4.43. The maximum Gasteiger partial charge on any atom is 0.0649 e. The number of thioether (sulfide) groups is 2. The first-order valence-corrected chi connectivity index (χ1v) is 7.48. The molecule has 1 spiro atoms. The Balaban J connectivity index is 2.02. The molecule has 12 heavy (non-hydrogen) atoms. The molecule has 0 nitrogen and oxygen atoms in total.